The molecule has 0 bridgehead atoms. The Bertz CT molecular complexity index is 1770. The largest absolute Gasteiger partial charge is 0.354 e. The normalized spacial score (nSPS) is 15.3. The van der Waals surface area contributed by atoms with Crippen LogP contribution in [0.25, 0.3) is 22.2 Å². The van der Waals surface area contributed by atoms with E-state index in [1.807, 2.05) is 18.2 Å². The van der Waals surface area contributed by atoms with Gasteiger partial charge in [-0.2, -0.15) is 5.10 Å². The molecule has 5 aromatic rings. The molecule has 1 unspecified atom stereocenters. The van der Waals surface area contributed by atoms with Crippen LogP contribution in [0.1, 0.15) is 47.3 Å². The third kappa shape index (κ3) is 5.69. The first kappa shape index (κ1) is 26.6. The van der Waals surface area contributed by atoms with E-state index in [-0.39, 0.29) is 11.4 Å². The predicted molar refractivity (Wildman–Crippen MR) is 154 cm³/mol. The van der Waals surface area contributed by atoms with E-state index in [1.54, 1.807) is 37.4 Å². The molecule has 8 nitrogen and oxygen atoms in total. The van der Waals surface area contributed by atoms with E-state index >= 15 is 0 Å². The second kappa shape index (κ2) is 11.1. The van der Waals surface area contributed by atoms with Crippen LogP contribution in [0.15, 0.2) is 78.0 Å². The monoisotopic (exact) mass is 556 g/mol. The van der Waals surface area contributed by atoms with E-state index in [0.717, 1.165) is 36.1 Å². The van der Waals surface area contributed by atoms with Crippen molar-refractivity contribution in [2.24, 2.45) is 0 Å². The summed E-state index contributed by atoms with van der Waals surface area (Å²) in [6.45, 7) is 4.05. The van der Waals surface area contributed by atoms with Crippen molar-refractivity contribution in [2.45, 2.75) is 38.5 Å². The number of carbonyl (C=O) groups excluding carboxylic acids is 1. The average molecular weight is 557 g/mol. The van der Waals surface area contributed by atoms with E-state index in [9.17, 15) is 18.4 Å². The molecule has 1 atom stereocenters. The third-order valence-electron chi connectivity index (χ3n) is 7.68. The second-order valence-electron chi connectivity index (χ2n) is 10.5. The highest BCUT2D eigenvalue weighted by atomic mass is 19.1. The zero-order valence-corrected chi connectivity index (χ0v) is 22.5. The van der Waals surface area contributed by atoms with Gasteiger partial charge in [0.15, 0.2) is 0 Å². The quantitative estimate of drug-likeness (QED) is 0.241. The van der Waals surface area contributed by atoms with Crippen LogP contribution >= 0.6 is 0 Å². The maximum absolute atomic E-state index is 14.2. The zero-order valence-electron chi connectivity index (χ0n) is 22.5. The molecule has 3 aromatic heterocycles. The summed E-state index contributed by atoms with van der Waals surface area (Å²) in [6, 6.07) is 15.7. The van der Waals surface area contributed by atoms with E-state index < -0.39 is 18.1 Å². The van der Waals surface area contributed by atoms with Gasteiger partial charge in [-0.1, -0.05) is 24.3 Å². The van der Waals surface area contributed by atoms with Gasteiger partial charge in [-0.15, -0.1) is 0 Å². The highest BCUT2D eigenvalue weighted by Crippen LogP contribution is 2.26. The lowest BCUT2D eigenvalue weighted by Crippen LogP contribution is -2.33. The fourth-order valence-electron chi connectivity index (χ4n) is 5.33. The number of alkyl halides is 1. The highest BCUT2D eigenvalue weighted by molar-refractivity contribution is 6.04. The van der Waals surface area contributed by atoms with Crippen molar-refractivity contribution in [1.82, 2.24) is 24.6 Å². The number of rotatable bonds is 7. The van der Waals surface area contributed by atoms with Crippen LogP contribution < -0.4 is 10.9 Å². The molecule has 210 valence electrons. The number of aromatic nitrogens is 4. The maximum Gasteiger partial charge on any atom is 0.258 e. The Morgan fingerprint density at radius 1 is 1.15 bits per heavy atom. The first-order valence-electron chi connectivity index (χ1n) is 13.6. The Labute approximate surface area is 235 Å². The standard InChI is InChI=1S/C31H30F2N6O2/c1-19(25-4-2-3-5-27(25)33)39-18-22(15-35-39)30(40)36-24-14-26(31(41)34-16-24)29-13-21-12-20(6-7-28(21)37-29)17-38-10-8-23(32)9-11-38/h2-7,12-16,18-19,23,37H,8-11,17H2,1H3,(H,34,41)(H,36,40). The summed E-state index contributed by atoms with van der Waals surface area (Å²) in [6.07, 6.45) is 4.87. The van der Waals surface area contributed by atoms with Gasteiger partial charge in [0.2, 0.25) is 0 Å². The summed E-state index contributed by atoms with van der Waals surface area (Å²) in [7, 11) is 0. The molecular formula is C31H30F2N6O2. The van der Waals surface area contributed by atoms with Gasteiger partial charge in [0.25, 0.3) is 11.5 Å². The number of amides is 1. The number of H-pyrrole nitrogens is 2. The molecule has 10 heteroatoms. The molecular weight excluding hydrogens is 526 g/mol. The molecule has 1 saturated heterocycles. The Morgan fingerprint density at radius 3 is 2.76 bits per heavy atom. The van der Waals surface area contributed by atoms with Crippen molar-refractivity contribution in [2.75, 3.05) is 18.4 Å². The van der Waals surface area contributed by atoms with E-state index in [2.05, 4.69) is 31.3 Å². The lowest BCUT2D eigenvalue weighted by molar-refractivity contribution is 0.102. The van der Waals surface area contributed by atoms with E-state index in [0.29, 0.717) is 40.9 Å². The lowest BCUT2D eigenvalue weighted by Gasteiger charge is -2.28. The number of fused-ring (bicyclic) bond motifs is 1. The first-order valence-corrected chi connectivity index (χ1v) is 13.6. The molecule has 1 aliphatic rings. The second-order valence-corrected chi connectivity index (χ2v) is 10.5. The van der Waals surface area contributed by atoms with Gasteiger partial charge in [0, 0.05) is 48.5 Å². The van der Waals surface area contributed by atoms with Crippen LogP contribution in [0.2, 0.25) is 0 Å². The van der Waals surface area contributed by atoms with Crippen molar-refractivity contribution in [3.63, 3.8) is 0 Å². The van der Waals surface area contributed by atoms with Crippen molar-refractivity contribution in [3.8, 4) is 11.3 Å². The Kier molecular flexibility index (Phi) is 7.23. The van der Waals surface area contributed by atoms with E-state index in [4.69, 9.17) is 0 Å². The number of benzene rings is 2. The number of carbonyl (C=O) groups is 1. The van der Waals surface area contributed by atoms with Gasteiger partial charge in [-0.3, -0.25) is 19.2 Å². The fraction of sp³-hybridized carbons (Fsp3) is 0.258. The third-order valence-corrected chi connectivity index (χ3v) is 7.68. The first-order chi connectivity index (χ1) is 19.8. The van der Waals surface area contributed by atoms with Gasteiger partial charge >= 0.3 is 0 Å². The van der Waals surface area contributed by atoms with Crippen LogP contribution in [-0.2, 0) is 6.54 Å². The SMILES string of the molecule is CC(c1ccccc1F)n1cc(C(=O)Nc2c[nH]c(=O)c(-c3cc4cc(CN5CCC(F)CC5)ccc4[nH]3)c2)cn1. The number of aromatic amines is 2. The summed E-state index contributed by atoms with van der Waals surface area (Å²) in [5, 5.41) is 8.02. The molecule has 4 heterocycles. The number of anilines is 1. The highest BCUT2D eigenvalue weighted by Gasteiger charge is 2.19. The van der Waals surface area contributed by atoms with Gasteiger partial charge in [-0.05, 0) is 55.7 Å². The van der Waals surface area contributed by atoms with Gasteiger partial charge in [0.1, 0.15) is 12.0 Å². The van der Waals surface area contributed by atoms with Crippen molar-refractivity contribution >= 4 is 22.5 Å². The smallest absolute Gasteiger partial charge is 0.258 e. The molecule has 0 saturated carbocycles. The number of nitrogens with one attached hydrogen (secondary N) is 3. The number of hydrogen-bond acceptors (Lipinski definition) is 4. The molecule has 2 aromatic carbocycles. The van der Waals surface area contributed by atoms with Crippen LogP contribution in [0.4, 0.5) is 14.5 Å². The topological polar surface area (TPSA) is 98.8 Å². The van der Waals surface area contributed by atoms with Gasteiger partial charge < -0.3 is 15.3 Å². The summed E-state index contributed by atoms with van der Waals surface area (Å²) in [5.74, 6) is -0.748. The molecule has 1 amide bonds. The summed E-state index contributed by atoms with van der Waals surface area (Å²) in [5.41, 5.74) is 3.91. The molecule has 1 aliphatic heterocycles. The van der Waals surface area contributed by atoms with Crippen LogP contribution in [0.5, 0.6) is 0 Å². The number of hydrogen-bond donors (Lipinski definition) is 3. The summed E-state index contributed by atoms with van der Waals surface area (Å²) < 4.78 is 29.2. The minimum atomic E-state index is -0.702. The number of piperidine rings is 1. The number of pyridine rings is 1. The Morgan fingerprint density at radius 2 is 1.95 bits per heavy atom. The Hall–Kier alpha value is -4.57. The van der Waals surface area contributed by atoms with Gasteiger partial charge in [-0.25, -0.2) is 8.78 Å². The summed E-state index contributed by atoms with van der Waals surface area (Å²) >= 11 is 0. The lowest BCUT2D eigenvalue weighted by atomic mass is 10.1. The molecule has 3 N–H and O–H groups in total. The van der Waals surface area contributed by atoms with E-state index in [1.165, 1.54) is 23.1 Å². The fourth-order valence-corrected chi connectivity index (χ4v) is 5.33. The maximum atomic E-state index is 14.2. The number of likely N-dealkylation sites (tertiary alicyclic amines) is 1. The number of nitrogens with zero attached hydrogens (tertiary/aromatic N) is 3. The summed E-state index contributed by atoms with van der Waals surface area (Å²) in [4.78, 5) is 34.0. The van der Waals surface area contributed by atoms with Crippen molar-refractivity contribution in [1.29, 1.82) is 0 Å². The van der Waals surface area contributed by atoms with Crippen LogP contribution in [0.3, 0.4) is 0 Å². The van der Waals surface area contributed by atoms with Crippen LogP contribution in [-0.4, -0.2) is 49.8 Å². The molecule has 6 rings (SSSR count). The molecule has 1 fully saturated rings. The zero-order chi connectivity index (χ0) is 28.5. The van der Waals surface area contributed by atoms with Crippen molar-refractivity contribution < 1.29 is 13.6 Å². The molecule has 0 aliphatic carbocycles. The minimum absolute atomic E-state index is 0.296. The van der Waals surface area contributed by atoms with Crippen molar-refractivity contribution in [3.05, 3.63) is 106 Å². The predicted octanol–water partition coefficient (Wildman–Crippen LogP) is 5.65. The van der Waals surface area contributed by atoms with Crippen LogP contribution in [0, 0.1) is 5.82 Å². The average Bonchev–Trinajstić information content (AvgIpc) is 3.63. The minimum Gasteiger partial charge on any atom is -0.354 e. The molecule has 0 radical (unpaired) electrons. The molecule has 41 heavy (non-hydrogen) atoms. The molecule has 0 spiro atoms. The van der Waals surface area contributed by atoms with Gasteiger partial charge in [0.05, 0.1) is 34.7 Å². The number of halogens is 2. The Balaban J connectivity index is 1.18.